The van der Waals surface area contributed by atoms with Crippen LogP contribution in [-0.4, -0.2) is 23.9 Å². The molecular weight excluding hydrogens is 314 g/mol. The van der Waals surface area contributed by atoms with Gasteiger partial charge in [-0.2, -0.15) is 0 Å². The lowest BCUT2D eigenvalue weighted by atomic mass is 9.97. The van der Waals surface area contributed by atoms with Crippen molar-refractivity contribution < 1.29 is 18.0 Å². The highest BCUT2D eigenvalue weighted by molar-refractivity contribution is 5.78. The number of nitrogens with one attached hydrogen (secondary N) is 1. The lowest BCUT2D eigenvalue weighted by Gasteiger charge is -2.31. The van der Waals surface area contributed by atoms with Crippen LogP contribution in [0.5, 0.6) is 0 Å². The van der Waals surface area contributed by atoms with Gasteiger partial charge in [0.1, 0.15) is 17.4 Å². The van der Waals surface area contributed by atoms with Crippen molar-refractivity contribution in [2.75, 3.05) is 13.1 Å². The molecule has 0 unspecified atom stereocenters. The third kappa shape index (κ3) is 4.20. The third-order valence-corrected chi connectivity index (χ3v) is 4.30. The van der Waals surface area contributed by atoms with Crippen LogP contribution in [0.15, 0.2) is 41.0 Å². The summed E-state index contributed by atoms with van der Waals surface area (Å²) in [6.45, 7) is 2.33. The minimum absolute atomic E-state index is 0.0691. The van der Waals surface area contributed by atoms with E-state index in [0.29, 0.717) is 13.1 Å². The number of benzene rings is 1. The molecule has 1 atom stereocenters. The Morgan fingerprint density at radius 1 is 1.33 bits per heavy atom. The highest BCUT2D eigenvalue weighted by Crippen LogP contribution is 2.19. The molecule has 1 amide bonds. The van der Waals surface area contributed by atoms with Gasteiger partial charge in [-0.05, 0) is 37.6 Å². The Morgan fingerprint density at radius 3 is 2.96 bits per heavy atom. The Labute approximate surface area is 139 Å². The summed E-state index contributed by atoms with van der Waals surface area (Å²) in [5.41, 5.74) is 0.285. The quantitative estimate of drug-likeness (QED) is 0.914. The molecule has 1 aromatic heterocycles. The van der Waals surface area contributed by atoms with Crippen molar-refractivity contribution in [3.05, 3.63) is 59.6 Å². The summed E-state index contributed by atoms with van der Waals surface area (Å²) in [5, 5.41) is 2.76. The van der Waals surface area contributed by atoms with E-state index in [1.54, 1.807) is 6.26 Å². The number of likely N-dealkylation sites (tertiary alicyclic amines) is 1. The molecule has 1 N–H and O–H groups in total. The Kier molecular flexibility index (Phi) is 5.25. The standard InChI is InChI=1S/C18H20F2N2O2/c19-15-6-5-13(17(20)9-15)10-21-18(23)14-3-1-7-22(11-14)12-16-4-2-8-24-16/h2,4-6,8-9,14H,1,3,7,10-12H2,(H,21,23)/t14-/m1/s1. The second-order valence-corrected chi connectivity index (χ2v) is 6.11. The van der Waals surface area contributed by atoms with Gasteiger partial charge < -0.3 is 9.73 Å². The molecule has 6 heteroatoms. The molecule has 4 nitrogen and oxygen atoms in total. The first kappa shape index (κ1) is 16.6. The Morgan fingerprint density at radius 2 is 2.21 bits per heavy atom. The van der Waals surface area contributed by atoms with Crippen LogP contribution >= 0.6 is 0 Å². The summed E-state index contributed by atoms with van der Waals surface area (Å²) in [4.78, 5) is 14.5. The Bertz CT molecular complexity index is 688. The fraction of sp³-hybridized carbons (Fsp3) is 0.389. The first-order valence-electron chi connectivity index (χ1n) is 8.08. The monoisotopic (exact) mass is 334 g/mol. The van der Waals surface area contributed by atoms with Crippen molar-refractivity contribution in [3.8, 4) is 0 Å². The molecule has 1 aromatic carbocycles. The van der Waals surface area contributed by atoms with Gasteiger partial charge in [0.25, 0.3) is 0 Å². The summed E-state index contributed by atoms with van der Waals surface area (Å²) in [6.07, 6.45) is 3.39. The number of rotatable bonds is 5. The lowest BCUT2D eigenvalue weighted by molar-refractivity contribution is -0.127. The van der Waals surface area contributed by atoms with Gasteiger partial charge in [-0.3, -0.25) is 9.69 Å². The Balaban J connectivity index is 1.52. The molecule has 1 saturated heterocycles. The van der Waals surface area contributed by atoms with Crippen molar-refractivity contribution >= 4 is 5.91 Å². The summed E-state index contributed by atoms with van der Waals surface area (Å²) in [5.74, 6) is -0.605. The van der Waals surface area contributed by atoms with Crippen molar-refractivity contribution in [1.82, 2.24) is 10.2 Å². The first-order chi connectivity index (χ1) is 11.6. The molecule has 0 bridgehead atoms. The zero-order valence-corrected chi connectivity index (χ0v) is 13.3. The van der Waals surface area contributed by atoms with E-state index in [9.17, 15) is 13.6 Å². The topological polar surface area (TPSA) is 45.5 Å². The zero-order valence-electron chi connectivity index (χ0n) is 13.3. The number of piperidine rings is 1. The van der Waals surface area contributed by atoms with E-state index in [0.717, 1.165) is 31.2 Å². The van der Waals surface area contributed by atoms with Crippen molar-refractivity contribution in [2.45, 2.75) is 25.9 Å². The number of halogens is 2. The van der Waals surface area contributed by atoms with Gasteiger partial charge in [0.05, 0.1) is 18.7 Å². The molecule has 1 aliphatic heterocycles. The van der Waals surface area contributed by atoms with Gasteiger partial charge >= 0.3 is 0 Å². The minimum Gasteiger partial charge on any atom is -0.468 e. The molecule has 0 radical (unpaired) electrons. The zero-order chi connectivity index (χ0) is 16.9. The van der Waals surface area contributed by atoms with E-state index in [-0.39, 0.29) is 23.9 Å². The normalized spacial score (nSPS) is 18.5. The molecular formula is C18H20F2N2O2. The maximum absolute atomic E-state index is 13.6. The number of amides is 1. The van der Waals surface area contributed by atoms with Crippen LogP contribution in [0.4, 0.5) is 8.78 Å². The van der Waals surface area contributed by atoms with Crippen molar-refractivity contribution in [2.24, 2.45) is 5.92 Å². The fourth-order valence-corrected chi connectivity index (χ4v) is 3.03. The summed E-state index contributed by atoms with van der Waals surface area (Å²) < 4.78 is 31.8. The Hall–Kier alpha value is -2.21. The van der Waals surface area contributed by atoms with Crippen LogP contribution in [-0.2, 0) is 17.9 Å². The van der Waals surface area contributed by atoms with Crippen LogP contribution in [0.3, 0.4) is 0 Å². The second-order valence-electron chi connectivity index (χ2n) is 6.11. The largest absolute Gasteiger partial charge is 0.468 e. The van der Waals surface area contributed by atoms with Gasteiger partial charge in [-0.25, -0.2) is 8.78 Å². The SMILES string of the molecule is O=C(NCc1ccc(F)cc1F)[C@@H]1CCCN(Cc2ccco2)C1. The minimum atomic E-state index is -0.640. The summed E-state index contributed by atoms with van der Waals surface area (Å²) in [7, 11) is 0. The predicted molar refractivity (Wildman–Crippen MR) is 84.9 cm³/mol. The number of carbonyl (C=O) groups is 1. The van der Waals surface area contributed by atoms with Gasteiger partial charge in [0.15, 0.2) is 0 Å². The second kappa shape index (κ2) is 7.57. The highest BCUT2D eigenvalue weighted by atomic mass is 19.1. The van der Waals surface area contributed by atoms with E-state index in [1.807, 2.05) is 12.1 Å². The molecule has 3 rings (SSSR count). The molecule has 0 saturated carbocycles. The van der Waals surface area contributed by atoms with E-state index >= 15 is 0 Å². The number of nitrogens with zero attached hydrogens (tertiary/aromatic N) is 1. The average molecular weight is 334 g/mol. The lowest BCUT2D eigenvalue weighted by Crippen LogP contribution is -2.42. The van der Waals surface area contributed by atoms with Crippen LogP contribution in [0.1, 0.15) is 24.2 Å². The highest BCUT2D eigenvalue weighted by Gasteiger charge is 2.26. The smallest absolute Gasteiger partial charge is 0.224 e. The number of carbonyl (C=O) groups excluding carboxylic acids is 1. The molecule has 24 heavy (non-hydrogen) atoms. The van der Waals surface area contributed by atoms with Gasteiger partial charge in [0.2, 0.25) is 5.91 Å². The molecule has 2 aromatic rings. The number of furan rings is 1. The van der Waals surface area contributed by atoms with Crippen LogP contribution in [0.25, 0.3) is 0 Å². The van der Waals surface area contributed by atoms with Crippen molar-refractivity contribution in [3.63, 3.8) is 0 Å². The summed E-state index contributed by atoms with van der Waals surface area (Å²) >= 11 is 0. The van der Waals surface area contributed by atoms with Crippen molar-refractivity contribution in [1.29, 1.82) is 0 Å². The van der Waals surface area contributed by atoms with Crippen LogP contribution < -0.4 is 5.32 Å². The maximum atomic E-state index is 13.6. The van der Waals surface area contributed by atoms with Crippen LogP contribution in [0, 0.1) is 17.6 Å². The maximum Gasteiger partial charge on any atom is 0.224 e. The van der Waals surface area contributed by atoms with E-state index in [2.05, 4.69) is 10.2 Å². The van der Waals surface area contributed by atoms with Gasteiger partial charge in [-0.15, -0.1) is 0 Å². The molecule has 128 valence electrons. The fourth-order valence-electron chi connectivity index (χ4n) is 3.03. The number of hydrogen-bond donors (Lipinski definition) is 1. The number of hydrogen-bond acceptors (Lipinski definition) is 3. The molecule has 1 fully saturated rings. The average Bonchev–Trinajstić information content (AvgIpc) is 3.07. The van der Waals surface area contributed by atoms with Gasteiger partial charge in [0, 0.05) is 24.7 Å². The van der Waals surface area contributed by atoms with Gasteiger partial charge in [-0.1, -0.05) is 6.07 Å². The van der Waals surface area contributed by atoms with E-state index in [4.69, 9.17) is 4.42 Å². The third-order valence-electron chi connectivity index (χ3n) is 4.30. The molecule has 2 heterocycles. The van der Waals surface area contributed by atoms with E-state index < -0.39 is 11.6 Å². The first-order valence-corrected chi connectivity index (χ1v) is 8.08. The molecule has 1 aliphatic rings. The van der Waals surface area contributed by atoms with E-state index in [1.165, 1.54) is 12.1 Å². The molecule has 0 spiro atoms. The predicted octanol–water partition coefficient (Wildman–Crippen LogP) is 3.09. The van der Waals surface area contributed by atoms with Crippen LogP contribution in [0.2, 0.25) is 0 Å². The molecule has 0 aliphatic carbocycles. The summed E-state index contributed by atoms with van der Waals surface area (Å²) in [6, 6.07) is 7.14.